The molecule has 2 aromatic heterocycles. The molecule has 202 valence electrons. The van der Waals surface area contributed by atoms with Gasteiger partial charge in [-0.05, 0) is 84.3 Å². The fraction of sp³-hybridized carbons (Fsp3) is 0.161. The van der Waals surface area contributed by atoms with Crippen molar-refractivity contribution in [3.63, 3.8) is 0 Å². The number of carboxylic acid groups (broad SMARTS) is 1. The van der Waals surface area contributed by atoms with E-state index in [4.69, 9.17) is 27.9 Å². The van der Waals surface area contributed by atoms with Gasteiger partial charge >= 0.3 is 6.09 Å². The number of rotatable bonds is 7. The molecule has 7 nitrogen and oxygen atoms in total. The molecule has 1 aliphatic heterocycles. The van der Waals surface area contributed by atoms with Crippen LogP contribution in [0.5, 0.6) is 5.75 Å². The van der Waals surface area contributed by atoms with Gasteiger partial charge in [0.25, 0.3) is 0 Å². The second-order valence-corrected chi connectivity index (χ2v) is 10.4. The summed E-state index contributed by atoms with van der Waals surface area (Å²) in [6.07, 6.45) is 3.11. The molecule has 1 unspecified atom stereocenters. The first kappa shape index (κ1) is 26.0. The second kappa shape index (κ2) is 11.1. The number of hydrogen-bond donors (Lipinski definition) is 2. The van der Waals surface area contributed by atoms with E-state index in [1.165, 1.54) is 4.90 Å². The Morgan fingerprint density at radius 2 is 1.80 bits per heavy atom. The number of pyridine rings is 1. The molecule has 2 N–H and O–H groups in total. The molecule has 0 aliphatic carbocycles. The van der Waals surface area contributed by atoms with Crippen LogP contribution in [0.4, 0.5) is 10.5 Å². The molecule has 40 heavy (non-hydrogen) atoms. The standard InChI is InChI=1S/C31H26Cl2N4O3/c32-21-5-8-24(9-6-21)37-28-12-7-22(33)18-27(28)26-13-16-36(31(38)39)29(30(26)37)20-3-10-25(11-4-20)40-17-15-35-23-2-1-14-34-19-23/h1-12,14,18-19,29,35H,13,15-17H2,(H,38,39). The molecule has 0 bridgehead atoms. The van der Waals surface area contributed by atoms with Crippen LogP contribution >= 0.6 is 23.2 Å². The number of amides is 1. The van der Waals surface area contributed by atoms with Crippen LogP contribution in [0, 0.1) is 0 Å². The molecule has 1 amide bonds. The first-order valence-corrected chi connectivity index (χ1v) is 13.7. The van der Waals surface area contributed by atoms with Gasteiger partial charge in [-0.2, -0.15) is 0 Å². The quantitative estimate of drug-likeness (QED) is 0.198. The van der Waals surface area contributed by atoms with Crippen LogP contribution in [0.15, 0.2) is 91.3 Å². The number of halogens is 2. The lowest BCUT2D eigenvalue weighted by atomic mass is 9.92. The number of hydrogen-bond acceptors (Lipinski definition) is 4. The Bertz CT molecular complexity index is 1650. The van der Waals surface area contributed by atoms with Crippen LogP contribution in [0.3, 0.4) is 0 Å². The van der Waals surface area contributed by atoms with Gasteiger partial charge in [0.2, 0.25) is 0 Å². The van der Waals surface area contributed by atoms with Crippen molar-refractivity contribution >= 4 is 45.9 Å². The molecular formula is C31H26Cl2N4O3. The Balaban J connectivity index is 1.36. The van der Waals surface area contributed by atoms with Gasteiger partial charge < -0.3 is 19.7 Å². The monoisotopic (exact) mass is 572 g/mol. The maximum atomic E-state index is 12.5. The summed E-state index contributed by atoms with van der Waals surface area (Å²) in [6, 6.07) is 24.4. The lowest BCUT2D eigenvalue weighted by molar-refractivity contribution is 0.128. The van der Waals surface area contributed by atoms with Gasteiger partial charge in [-0.15, -0.1) is 0 Å². The number of nitrogens with zero attached hydrogens (tertiary/aromatic N) is 3. The largest absolute Gasteiger partial charge is 0.492 e. The summed E-state index contributed by atoms with van der Waals surface area (Å²) in [6.45, 7) is 1.46. The number of ether oxygens (including phenoxy) is 1. The fourth-order valence-electron chi connectivity index (χ4n) is 5.40. The minimum absolute atomic E-state index is 0.373. The third kappa shape index (κ3) is 5.06. The Morgan fingerprint density at radius 1 is 1.02 bits per heavy atom. The molecule has 0 radical (unpaired) electrons. The minimum atomic E-state index is -0.969. The van der Waals surface area contributed by atoms with Crippen molar-refractivity contribution in [2.75, 3.05) is 25.0 Å². The SMILES string of the molecule is O=C(O)N1CCc2c(n(-c3ccc(Cl)cc3)c3ccc(Cl)cc23)C1c1ccc(OCCNc2cccnc2)cc1. The topological polar surface area (TPSA) is 79.6 Å². The van der Waals surface area contributed by atoms with Crippen LogP contribution in [0.25, 0.3) is 16.6 Å². The average Bonchev–Trinajstić information content (AvgIpc) is 3.29. The number of anilines is 1. The Morgan fingerprint density at radius 3 is 2.52 bits per heavy atom. The molecule has 9 heteroatoms. The zero-order valence-corrected chi connectivity index (χ0v) is 22.9. The van der Waals surface area contributed by atoms with Gasteiger partial charge in [0.1, 0.15) is 18.4 Å². The number of carbonyl (C=O) groups is 1. The van der Waals surface area contributed by atoms with Gasteiger partial charge in [0.05, 0.1) is 16.9 Å². The summed E-state index contributed by atoms with van der Waals surface area (Å²) >= 11 is 12.6. The van der Waals surface area contributed by atoms with E-state index in [0.29, 0.717) is 41.9 Å². The van der Waals surface area contributed by atoms with E-state index in [1.807, 2.05) is 78.9 Å². The maximum Gasteiger partial charge on any atom is 0.408 e. The molecule has 3 heterocycles. The Labute approximate surface area is 241 Å². The van der Waals surface area contributed by atoms with Gasteiger partial charge in [0.15, 0.2) is 0 Å². The van der Waals surface area contributed by atoms with E-state index in [0.717, 1.165) is 39.1 Å². The van der Waals surface area contributed by atoms with Crippen LogP contribution < -0.4 is 10.1 Å². The van der Waals surface area contributed by atoms with Crippen molar-refractivity contribution < 1.29 is 14.6 Å². The Hall–Kier alpha value is -4.20. The molecule has 5 aromatic rings. The summed E-state index contributed by atoms with van der Waals surface area (Å²) in [5, 5.41) is 15.8. The molecule has 3 aromatic carbocycles. The lowest BCUT2D eigenvalue weighted by Crippen LogP contribution is -2.40. The van der Waals surface area contributed by atoms with Gasteiger partial charge in [-0.3, -0.25) is 9.88 Å². The first-order valence-electron chi connectivity index (χ1n) is 12.9. The fourth-order valence-corrected chi connectivity index (χ4v) is 5.69. The van der Waals surface area contributed by atoms with E-state index >= 15 is 0 Å². The Kier molecular flexibility index (Phi) is 7.24. The highest BCUT2D eigenvalue weighted by Crippen LogP contribution is 2.43. The maximum absolute atomic E-state index is 12.5. The van der Waals surface area contributed by atoms with Crippen LogP contribution in [-0.4, -0.2) is 45.3 Å². The van der Waals surface area contributed by atoms with E-state index in [2.05, 4.69) is 14.9 Å². The molecule has 0 saturated heterocycles. The van der Waals surface area contributed by atoms with Crippen molar-refractivity contribution in [2.45, 2.75) is 12.5 Å². The van der Waals surface area contributed by atoms with Crippen molar-refractivity contribution in [3.8, 4) is 11.4 Å². The summed E-state index contributed by atoms with van der Waals surface area (Å²) < 4.78 is 8.06. The molecular weight excluding hydrogens is 547 g/mol. The van der Waals surface area contributed by atoms with Gasteiger partial charge in [-0.25, -0.2) is 4.79 Å². The normalized spacial score (nSPS) is 14.7. The molecule has 0 saturated carbocycles. The number of aromatic nitrogens is 2. The van der Waals surface area contributed by atoms with Gasteiger partial charge in [-0.1, -0.05) is 35.3 Å². The van der Waals surface area contributed by atoms with Crippen molar-refractivity contribution in [1.29, 1.82) is 0 Å². The smallest absolute Gasteiger partial charge is 0.408 e. The third-order valence-corrected chi connectivity index (χ3v) is 7.62. The first-order chi connectivity index (χ1) is 19.5. The highest BCUT2D eigenvalue weighted by Gasteiger charge is 2.37. The lowest BCUT2D eigenvalue weighted by Gasteiger charge is -2.35. The molecule has 1 aliphatic rings. The summed E-state index contributed by atoms with van der Waals surface area (Å²) in [5.41, 5.74) is 5.65. The number of fused-ring (bicyclic) bond motifs is 3. The van der Waals surface area contributed by atoms with Crippen LogP contribution in [0.2, 0.25) is 10.0 Å². The molecule has 0 fully saturated rings. The number of nitrogens with one attached hydrogen (secondary N) is 1. The summed E-state index contributed by atoms with van der Waals surface area (Å²) in [5.74, 6) is 0.708. The van der Waals surface area contributed by atoms with E-state index < -0.39 is 12.1 Å². The molecule has 6 rings (SSSR count). The predicted octanol–water partition coefficient (Wildman–Crippen LogP) is 7.45. The van der Waals surface area contributed by atoms with Crippen molar-refractivity contribution in [1.82, 2.24) is 14.5 Å². The van der Waals surface area contributed by atoms with Gasteiger partial charge in [0, 0.05) is 46.6 Å². The number of benzene rings is 3. The zero-order chi connectivity index (χ0) is 27.6. The highest BCUT2D eigenvalue weighted by molar-refractivity contribution is 6.31. The molecule has 0 spiro atoms. The second-order valence-electron chi connectivity index (χ2n) is 9.55. The summed E-state index contributed by atoms with van der Waals surface area (Å²) in [7, 11) is 0. The summed E-state index contributed by atoms with van der Waals surface area (Å²) in [4.78, 5) is 18.1. The molecule has 1 atom stereocenters. The predicted molar refractivity (Wildman–Crippen MR) is 158 cm³/mol. The van der Waals surface area contributed by atoms with E-state index in [1.54, 1.807) is 12.4 Å². The minimum Gasteiger partial charge on any atom is -0.492 e. The van der Waals surface area contributed by atoms with E-state index in [9.17, 15) is 9.90 Å². The van der Waals surface area contributed by atoms with Crippen LogP contribution in [-0.2, 0) is 6.42 Å². The third-order valence-electron chi connectivity index (χ3n) is 7.14. The zero-order valence-electron chi connectivity index (χ0n) is 21.4. The van der Waals surface area contributed by atoms with Crippen molar-refractivity contribution in [3.05, 3.63) is 118 Å². The highest BCUT2D eigenvalue weighted by atomic mass is 35.5. The van der Waals surface area contributed by atoms with Crippen LogP contribution in [0.1, 0.15) is 22.9 Å². The average molecular weight is 573 g/mol. The van der Waals surface area contributed by atoms with E-state index in [-0.39, 0.29) is 0 Å². The van der Waals surface area contributed by atoms with Crippen molar-refractivity contribution in [2.24, 2.45) is 0 Å².